The maximum Gasteiger partial charge on any atom is 0.410 e. The first-order valence-corrected chi connectivity index (χ1v) is 7.48. The summed E-state index contributed by atoms with van der Waals surface area (Å²) in [6.45, 7) is 8.54. The lowest BCUT2D eigenvalue weighted by Gasteiger charge is -2.31. The van der Waals surface area contributed by atoms with Crippen molar-refractivity contribution in [2.75, 3.05) is 18.4 Å². The van der Waals surface area contributed by atoms with Crippen molar-refractivity contribution in [3.8, 4) is 0 Å². The Morgan fingerprint density at radius 3 is 2.11 bits per heavy atom. The molecule has 0 aromatic heterocycles. The van der Waals surface area contributed by atoms with Gasteiger partial charge < -0.3 is 9.64 Å². The van der Waals surface area contributed by atoms with Gasteiger partial charge in [-0.3, -0.25) is 4.79 Å². The minimum Gasteiger partial charge on any atom is -0.444 e. The Hall–Kier alpha value is -0.650. The van der Waals surface area contributed by atoms with Gasteiger partial charge in [0.2, 0.25) is 0 Å². The highest BCUT2D eigenvalue weighted by Crippen LogP contribution is 2.21. The predicted octanol–water partition coefficient (Wildman–Crippen LogP) is 3.33. The van der Waals surface area contributed by atoms with Crippen LogP contribution in [0, 0.1) is 0 Å². The number of rotatable bonds is 6. The van der Waals surface area contributed by atoms with Crippen LogP contribution in [-0.4, -0.2) is 46.5 Å². The Labute approximate surface area is 122 Å². The molecule has 1 amide bonds. The molecule has 0 aliphatic rings. The highest BCUT2D eigenvalue weighted by atomic mass is 79.9. The number of hydrogen-bond acceptors (Lipinski definition) is 3. The van der Waals surface area contributed by atoms with Crippen LogP contribution < -0.4 is 0 Å². The summed E-state index contributed by atoms with van der Waals surface area (Å²) in [5.74, 6) is -0.558. The van der Waals surface area contributed by atoms with Crippen molar-refractivity contribution in [1.29, 1.82) is 0 Å². The molecular weight excluding hydrogens is 317 g/mol. The fraction of sp³-hybridized carbons (Fsp3) is 0.846. The third-order valence-electron chi connectivity index (χ3n) is 2.66. The molecule has 0 aliphatic heterocycles. The molecule has 0 fully saturated rings. The highest BCUT2D eigenvalue weighted by Gasteiger charge is 2.39. The Morgan fingerprint density at radius 2 is 1.79 bits per heavy atom. The van der Waals surface area contributed by atoms with E-state index in [0.29, 0.717) is 0 Å². The molecular formula is C13H23BrFNO3. The van der Waals surface area contributed by atoms with Crippen molar-refractivity contribution in [2.45, 2.75) is 52.3 Å². The first-order valence-electron chi connectivity index (χ1n) is 6.35. The third-order valence-corrected chi connectivity index (χ3v) is 3.17. The maximum absolute atomic E-state index is 14.5. The number of hydrogen-bond donors (Lipinski definition) is 0. The van der Waals surface area contributed by atoms with Gasteiger partial charge in [0.05, 0.1) is 11.9 Å². The number of halogens is 2. The SMILES string of the molecule is CCN(CC(F)(CC)C(=O)CBr)C(=O)OC(C)(C)C. The smallest absolute Gasteiger partial charge is 0.410 e. The molecule has 0 N–H and O–H groups in total. The summed E-state index contributed by atoms with van der Waals surface area (Å²) in [6, 6.07) is 0. The van der Waals surface area contributed by atoms with Gasteiger partial charge in [-0.2, -0.15) is 0 Å². The van der Waals surface area contributed by atoms with Crippen LogP contribution in [-0.2, 0) is 9.53 Å². The number of ketones is 1. The average Bonchev–Trinajstić information content (AvgIpc) is 2.32. The van der Waals surface area contributed by atoms with Gasteiger partial charge in [0, 0.05) is 6.54 Å². The lowest BCUT2D eigenvalue weighted by atomic mass is 9.97. The van der Waals surface area contributed by atoms with Gasteiger partial charge in [-0.1, -0.05) is 22.9 Å². The summed E-state index contributed by atoms with van der Waals surface area (Å²) in [4.78, 5) is 24.7. The summed E-state index contributed by atoms with van der Waals surface area (Å²) in [5, 5.41) is -0.0663. The van der Waals surface area contributed by atoms with Gasteiger partial charge in [-0.15, -0.1) is 0 Å². The van der Waals surface area contributed by atoms with Crippen LogP contribution in [0.2, 0.25) is 0 Å². The van der Waals surface area contributed by atoms with E-state index in [4.69, 9.17) is 4.74 Å². The molecule has 1 atom stereocenters. The van der Waals surface area contributed by atoms with Crippen LogP contribution in [0.3, 0.4) is 0 Å². The van der Waals surface area contributed by atoms with Gasteiger partial charge >= 0.3 is 6.09 Å². The van der Waals surface area contributed by atoms with E-state index in [2.05, 4.69) is 15.9 Å². The van der Waals surface area contributed by atoms with Gasteiger partial charge in [0.1, 0.15) is 5.60 Å². The molecule has 0 rings (SSSR count). The number of amides is 1. The molecule has 112 valence electrons. The van der Waals surface area contributed by atoms with E-state index in [9.17, 15) is 14.0 Å². The quantitative estimate of drug-likeness (QED) is 0.697. The van der Waals surface area contributed by atoms with E-state index in [-0.39, 0.29) is 24.8 Å². The zero-order valence-corrected chi connectivity index (χ0v) is 13.8. The van der Waals surface area contributed by atoms with Crippen LogP contribution in [0.4, 0.5) is 9.18 Å². The Kier molecular flexibility index (Phi) is 6.97. The van der Waals surface area contributed by atoms with Crippen LogP contribution in [0.1, 0.15) is 41.0 Å². The zero-order valence-electron chi connectivity index (χ0n) is 12.3. The molecule has 0 bridgehead atoms. The predicted molar refractivity (Wildman–Crippen MR) is 76.4 cm³/mol. The molecule has 0 saturated carbocycles. The molecule has 0 aromatic rings. The number of carbonyl (C=O) groups excluding carboxylic acids is 2. The minimum absolute atomic E-state index is 0.0245. The molecule has 0 aromatic carbocycles. The Bertz CT molecular complexity index is 330. The summed E-state index contributed by atoms with van der Waals surface area (Å²) in [5.41, 5.74) is -2.68. The lowest BCUT2D eigenvalue weighted by Crippen LogP contribution is -2.49. The molecule has 0 saturated heterocycles. The molecule has 6 heteroatoms. The van der Waals surface area contributed by atoms with Crippen molar-refractivity contribution in [3.05, 3.63) is 0 Å². The van der Waals surface area contributed by atoms with Crippen LogP contribution in [0.15, 0.2) is 0 Å². The minimum atomic E-state index is -2.03. The number of nitrogens with zero attached hydrogens (tertiary/aromatic N) is 1. The second-order valence-corrected chi connectivity index (χ2v) is 5.93. The van der Waals surface area contributed by atoms with Gasteiger partial charge in [-0.25, -0.2) is 9.18 Å². The molecule has 1 unspecified atom stereocenters. The largest absolute Gasteiger partial charge is 0.444 e. The first kappa shape index (κ1) is 18.4. The zero-order chi connectivity index (χ0) is 15.3. The Morgan fingerprint density at radius 1 is 1.26 bits per heavy atom. The summed E-state index contributed by atoms with van der Waals surface area (Å²) >= 11 is 2.96. The van der Waals surface area contributed by atoms with E-state index < -0.39 is 23.1 Å². The lowest BCUT2D eigenvalue weighted by molar-refractivity contribution is -0.129. The van der Waals surface area contributed by atoms with Crippen molar-refractivity contribution in [1.82, 2.24) is 4.90 Å². The van der Waals surface area contributed by atoms with Crippen LogP contribution >= 0.6 is 15.9 Å². The van der Waals surface area contributed by atoms with Crippen molar-refractivity contribution >= 4 is 27.8 Å². The molecule has 0 aliphatic carbocycles. The summed E-state index contributed by atoms with van der Waals surface area (Å²) in [6.07, 6.45) is -0.579. The fourth-order valence-electron chi connectivity index (χ4n) is 1.45. The van der Waals surface area contributed by atoms with E-state index >= 15 is 0 Å². The van der Waals surface area contributed by atoms with Gasteiger partial charge in [0.25, 0.3) is 0 Å². The van der Waals surface area contributed by atoms with E-state index in [0.717, 1.165) is 0 Å². The third kappa shape index (κ3) is 5.89. The first-order chi connectivity index (χ1) is 8.59. The number of Topliss-reactive ketones (excluding diaryl/α,β-unsaturated/α-hetero) is 1. The Balaban J connectivity index is 4.88. The van der Waals surface area contributed by atoms with Crippen molar-refractivity contribution in [3.63, 3.8) is 0 Å². The van der Waals surface area contributed by atoms with E-state index in [1.54, 1.807) is 34.6 Å². The number of carbonyl (C=O) groups is 2. The summed E-state index contributed by atoms with van der Waals surface area (Å²) in [7, 11) is 0. The molecule has 0 heterocycles. The monoisotopic (exact) mass is 339 g/mol. The summed E-state index contributed by atoms with van der Waals surface area (Å²) < 4.78 is 19.7. The van der Waals surface area contributed by atoms with E-state index in [1.165, 1.54) is 4.90 Å². The van der Waals surface area contributed by atoms with Crippen LogP contribution in [0.5, 0.6) is 0 Å². The molecule has 0 spiro atoms. The maximum atomic E-state index is 14.5. The van der Waals surface area contributed by atoms with Gasteiger partial charge in [-0.05, 0) is 34.1 Å². The molecule has 0 radical (unpaired) electrons. The van der Waals surface area contributed by atoms with Gasteiger partial charge in [0.15, 0.2) is 11.5 Å². The van der Waals surface area contributed by atoms with E-state index in [1.807, 2.05) is 0 Å². The average molecular weight is 340 g/mol. The standard InChI is InChI=1S/C13H23BrFNO3/c1-6-13(15,10(17)8-14)9-16(7-2)11(18)19-12(3,4)5/h6-9H2,1-5H3. The normalized spacial score (nSPS) is 14.7. The second kappa shape index (κ2) is 7.22. The topological polar surface area (TPSA) is 46.6 Å². The number of alkyl halides is 2. The molecule has 19 heavy (non-hydrogen) atoms. The highest BCUT2D eigenvalue weighted by molar-refractivity contribution is 9.09. The second-order valence-electron chi connectivity index (χ2n) is 5.37. The van der Waals surface area contributed by atoms with Crippen molar-refractivity contribution < 1.29 is 18.7 Å². The molecule has 4 nitrogen and oxygen atoms in total. The number of ether oxygens (including phenoxy) is 1. The van der Waals surface area contributed by atoms with Crippen LogP contribution in [0.25, 0.3) is 0 Å². The van der Waals surface area contributed by atoms with Crippen molar-refractivity contribution in [2.24, 2.45) is 0 Å². The fourth-order valence-corrected chi connectivity index (χ4v) is 1.95.